The first-order chi connectivity index (χ1) is 11.6. The molecule has 0 N–H and O–H groups in total. The van der Waals surface area contributed by atoms with Crippen molar-refractivity contribution in [1.82, 2.24) is 4.98 Å². The Bertz CT molecular complexity index is 950. The Morgan fingerprint density at radius 1 is 1.17 bits per heavy atom. The molecule has 0 fully saturated rings. The number of thiazole rings is 1. The normalized spacial score (nSPS) is 11.3. The number of aryl methyl sites for hydroxylation is 1. The van der Waals surface area contributed by atoms with Gasteiger partial charge < -0.3 is 0 Å². The van der Waals surface area contributed by atoms with E-state index in [2.05, 4.69) is 11.1 Å². The molecule has 0 bridgehead atoms. The van der Waals surface area contributed by atoms with E-state index in [1.807, 2.05) is 42.6 Å². The van der Waals surface area contributed by atoms with Gasteiger partial charge in [-0.05, 0) is 24.6 Å². The van der Waals surface area contributed by atoms with Gasteiger partial charge in [-0.2, -0.15) is 5.26 Å². The lowest BCUT2D eigenvalue weighted by Crippen LogP contribution is -1.84. The molecule has 2 nitrogen and oxygen atoms in total. The Labute approximate surface area is 154 Å². The van der Waals surface area contributed by atoms with Gasteiger partial charge in [-0.3, -0.25) is 0 Å². The van der Waals surface area contributed by atoms with Crippen molar-refractivity contribution in [1.29, 1.82) is 5.26 Å². The average molecular weight is 371 g/mol. The minimum absolute atomic E-state index is 0.433. The monoisotopic (exact) mass is 370 g/mol. The first kappa shape index (κ1) is 16.7. The number of allylic oxidation sites excluding steroid dienone is 1. The van der Waals surface area contributed by atoms with Gasteiger partial charge in [-0.25, -0.2) is 4.98 Å². The lowest BCUT2D eigenvalue weighted by atomic mass is 10.1. The summed E-state index contributed by atoms with van der Waals surface area (Å²) >= 11 is 13.7. The van der Waals surface area contributed by atoms with Gasteiger partial charge in [0, 0.05) is 10.9 Å². The molecule has 0 aliphatic heterocycles. The van der Waals surface area contributed by atoms with Gasteiger partial charge in [0.05, 0.1) is 21.3 Å². The van der Waals surface area contributed by atoms with Crippen LogP contribution in [-0.2, 0) is 0 Å². The van der Waals surface area contributed by atoms with E-state index >= 15 is 0 Å². The predicted octanol–water partition coefficient (Wildman–Crippen LogP) is 6.49. The van der Waals surface area contributed by atoms with Crippen LogP contribution >= 0.6 is 34.5 Å². The zero-order valence-corrected chi connectivity index (χ0v) is 15.1. The van der Waals surface area contributed by atoms with Crippen LogP contribution in [0.1, 0.15) is 16.1 Å². The third-order valence-corrected chi connectivity index (χ3v) is 5.19. The van der Waals surface area contributed by atoms with Crippen LogP contribution in [0.4, 0.5) is 0 Å². The molecule has 0 saturated carbocycles. The maximum atomic E-state index is 9.49. The minimum atomic E-state index is 0.433. The highest BCUT2D eigenvalue weighted by Gasteiger charge is 2.10. The molecule has 3 aromatic rings. The highest BCUT2D eigenvalue weighted by molar-refractivity contribution is 7.11. The molecule has 0 aliphatic rings. The van der Waals surface area contributed by atoms with E-state index in [9.17, 15) is 5.26 Å². The van der Waals surface area contributed by atoms with Crippen molar-refractivity contribution in [3.05, 3.63) is 74.0 Å². The van der Waals surface area contributed by atoms with Crippen LogP contribution in [0.2, 0.25) is 10.0 Å². The Kier molecular flexibility index (Phi) is 5.01. The summed E-state index contributed by atoms with van der Waals surface area (Å²) in [5.74, 6) is 0. The number of nitriles is 1. The number of aromatic nitrogens is 1. The summed E-state index contributed by atoms with van der Waals surface area (Å²) in [7, 11) is 0. The number of benzene rings is 2. The van der Waals surface area contributed by atoms with Gasteiger partial charge in [0.15, 0.2) is 0 Å². The predicted molar refractivity (Wildman–Crippen MR) is 102 cm³/mol. The molecular weight excluding hydrogens is 359 g/mol. The van der Waals surface area contributed by atoms with Gasteiger partial charge >= 0.3 is 0 Å². The van der Waals surface area contributed by atoms with Crippen molar-refractivity contribution in [2.45, 2.75) is 6.92 Å². The first-order valence-corrected chi connectivity index (χ1v) is 8.81. The van der Waals surface area contributed by atoms with Crippen molar-refractivity contribution < 1.29 is 0 Å². The Hall–Kier alpha value is -2.12. The zero-order valence-electron chi connectivity index (χ0n) is 12.8. The van der Waals surface area contributed by atoms with E-state index in [1.54, 1.807) is 18.2 Å². The first-order valence-electron chi connectivity index (χ1n) is 7.17. The molecule has 118 valence electrons. The van der Waals surface area contributed by atoms with E-state index in [0.29, 0.717) is 26.2 Å². The second kappa shape index (κ2) is 7.19. The van der Waals surface area contributed by atoms with Gasteiger partial charge in [-0.1, -0.05) is 65.2 Å². The smallest absolute Gasteiger partial charge is 0.134 e. The maximum absolute atomic E-state index is 9.49. The standard InChI is InChI=1S/C19H12Cl2N2S/c1-12-5-7-13(8-6-12)17-11-24-19(23-17)15(10-22)9-14-3-2-4-16(20)18(14)21/h2-9,11H,1H3. The second-order valence-electron chi connectivity index (χ2n) is 5.22. The molecule has 0 spiro atoms. The van der Waals surface area contributed by atoms with Gasteiger partial charge in [-0.15, -0.1) is 11.3 Å². The second-order valence-corrected chi connectivity index (χ2v) is 6.86. The van der Waals surface area contributed by atoms with Crippen molar-refractivity contribution >= 4 is 46.2 Å². The Morgan fingerprint density at radius 2 is 1.92 bits per heavy atom. The topological polar surface area (TPSA) is 36.7 Å². The molecule has 5 heteroatoms. The summed E-state index contributed by atoms with van der Waals surface area (Å²) in [6.07, 6.45) is 1.71. The van der Waals surface area contributed by atoms with Crippen molar-refractivity contribution in [3.8, 4) is 17.3 Å². The Balaban J connectivity index is 1.98. The molecule has 0 saturated heterocycles. The molecule has 1 heterocycles. The number of halogens is 2. The van der Waals surface area contributed by atoms with E-state index in [-0.39, 0.29) is 0 Å². The summed E-state index contributed by atoms with van der Waals surface area (Å²) in [6.45, 7) is 2.04. The van der Waals surface area contributed by atoms with Gasteiger partial charge in [0.25, 0.3) is 0 Å². The average Bonchev–Trinajstić information content (AvgIpc) is 3.06. The van der Waals surface area contributed by atoms with Crippen molar-refractivity contribution in [3.63, 3.8) is 0 Å². The van der Waals surface area contributed by atoms with Gasteiger partial charge in [0.2, 0.25) is 0 Å². The summed E-state index contributed by atoms with van der Waals surface area (Å²) in [4.78, 5) is 4.58. The third kappa shape index (κ3) is 3.52. The van der Waals surface area contributed by atoms with E-state index in [0.717, 1.165) is 11.3 Å². The maximum Gasteiger partial charge on any atom is 0.134 e. The molecule has 1 aromatic heterocycles. The van der Waals surface area contributed by atoms with Crippen LogP contribution in [-0.4, -0.2) is 4.98 Å². The molecule has 3 rings (SSSR count). The third-order valence-electron chi connectivity index (χ3n) is 3.48. The number of hydrogen-bond donors (Lipinski definition) is 0. The molecule has 0 atom stereocenters. The van der Waals surface area contributed by atoms with E-state index in [1.165, 1.54) is 16.9 Å². The lowest BCUT2D eigenvalue weighted by molar-refractivity contribution is 1.36. The summed E-state index contributed by atoms with van der Waals surface area (Å²) in [6, 6.07) is 15.7. The van der Waals surface area contributed by atoms with Crippen LogP contribution in [0.5, 0.6) is 0 Å². The summed E-state index contributed by atoms with van der Waals surface area (Å²) in [5.41, 5.74) is 4.24. The number of hydrogen-bond acceptors (Lipinski definition) is 3. The molecule has 0 amide bonds. The van der Waals surface area contributed by atoms with Crippen LogP contribution in [0.15, 0.2) is 47.8 Å². The quantitative estimate of drug-likeness (QED) is 0.494. The zero-order chi connectivity index (χ0) is 17.1. The van der Waals surface area contributed by atoms with Crippen molar-refractivity contribution in [2.75, 3.05) is 0 Å². The number of rotatable bonds is 3. The fourth-order valence-electron chi connectivity index (χ4n) is 2.18. The van der Waals surface area contributed by atoms with Gasteiger partial charge in [0.1, 0.15) is 11.1 Å². The Morgan fingerprint density at radius 3 is 2.62 bits per heavy atom. The largest absolute Gasteiger partial charge is 0.235 e. The van der Waals surface area contributed by atoms with E-state index < -0.39 is 0 Å². The lowest BCUT2D eigenvalue weighted by Gasteiger charge is -2.01. The minimum Gasteiger partial charge on any atom is -0.235 e. The molecular formula is C19H12Cl2N2S. The van der Waals surface area contributed by atoms with Crippen LogP contribution in [0.25, 0.3) is 22.9 Å². The molecule has 0 aliphatic carbocycles. The molecule has 0 unspecified atom stereocenters. The highest BCUT2D eigenvalue weighted by atomic mass is 35.5. The van der Waals surface area contributed by atoms with Crippen LogP contribution in [0.3, 0.4) is 0 Å². The van der Waals surface area contributed by atoms with Crippen molar-refractivity contribution in [2.24, 2.45) is 0 Å². The summed E-state index contributed by atoms with van der Waals surface area (Å²) < 4.78 is 0. The fraction of sp³-hybridized carbons (Fsp3) is 0.0526. The van der Waals surface area contributed by atoms with Crippen LogP contribution in [0, 0.1) is 18.3 Å². The number of nitrogens with zero attached hydrogens (tertiary/aromatic N) is 2. The highest BCUT2D eigenvalue weighted by Crippen LogP contribution is 2.31. The molecule has 2 aromatic carbocycles. The summed E-state index contributed by atoms with van der Waals surface area (Å²) in [5, 5.41) is 13.0. The SMILES string of the molecule is Cc1ccc(-c2csc(C(C#N)=Cc3cccc(Cl)c3Cl)n2)cc1. The van der Waals surface area contributed by atoms with E-state index in [4.69, 9.17) is 23.2 Å². The molecule has 24 heavy (non-hydrogen) atoms. The van der Waals surface area contributed by atoms with Crippen LogP contribution < -0.4 is 0 Å². The molecule has 0 radical (unpaired) electrons. The fourth-order valence-corrected chi connectivity index (χ4v) is 3.34.